The molecule has 0 atom stereocenters. The van der Waals surface area contributed by atoms with Gasteiger partial charge in [-0.2, -0.15) is 0 Å². The summed E-state index contributed by atoms with van der Waals surface area (Å²) in [6.07, 6.45) is 0. The van der Waals surface area contributed by atoms with Crippen LogP contribution < -0.4 is 16.0 Å². The lowest BCUT2D eigenvalue weighted by molar-refractivity contribution is 0.159. The minimum absolute atomic E-state index is 0.0234. The average molecular weight is 266 g/mol. The van der Waals surface area contributed by atoms with Crippen molar-refractivity contribution < 1.29 is 9.94 Å². The fourth-order valence-corrected chi connectivity index (χ4v) is 2.19. The Morgan fingerprint density at radius 3 is 2.78 bits per heavy atom. The second-order valence-corrected chi connectivity index (χ2v) is 4.49. The van der Waals surface area contributed by atoms with Crippen LogP contribution in [0.2, 0.25) is 0 Å². The van der Waals surface area contributed by atoms with Crippen molar-refractivity contribution in [1.29, 1.82) is 0 Å². The van der Waals surface area contributed by atoms with Crippen LogP contribution in [0.4, 0.5) is 0 Å². The molecule has 2 N–H and O–H groups in total. The number of nitrogens with zero attached hydrogens (tertiary/aromatic N) is 1. The van der Waals surface area contributed by atoms with Crippen LogP contribution >= 0.6 is 11.8 Å². The molecule has 94 valence electrons. The number of aromatic amines is 1. The van der Waals surface area contributed by atoms with Gasteiger partial charge >= 0.3 is 5.69 Å². The maximum Gasteiger partial charge on any atom is 0.362 e. The zero-order valence-electron chi connectivity index (χ0n) is 9.41. The molecule has 18 heavy (non-hydrogen) atoms. The maximum atomic E-state index is 11.2. The summed E-state index contributed by atoms with van der Waals surface area (Å²) in [7, 11) is 1.55. The molecule has 0 saturated carbocycles. The smallest absolute Gasteiger partial charge is 0.362 e. The molecular formula is C11H10N2O4S. The van der Waals surface area contributed by atoms with Crippen molar-refractivity contribution in [3.63, 3.8) is 0 Å². The molecule has 2 rings (SSSR count). The number of rotatable bonds is 3. The predicted octanol–water partition coefficient (Wildman–Crippen LogP) is 0.934. The molecule has 0 saturated heterocycles. The standard InChI is InChI=1S/C11H10N2O4S/c1-17-7-3-2-4-8(5-7)18-9-6-10(14)13(16)11(15)12-9/h2-6,16H,1H3,(H,12,15). The number of methoxy groups -OCH3 is 1. The van der Waals surface area contributed by atoms with Gasteiger partial charge in [0.2, 0.25) is 0 Å². The minimum Gasteiger partial charge on any atom is -0.497 e. The third-order valence-corrected chi connectivity index (χ3v) is 3.08. The monoisotopic (exact) mass is 266 g/mol. The van der Waals surface area contributed by atoms with Crippen LogP contribution in [0.5, 0.6) is 5.75 Å². The molecule has 1 aromatic carbocycles. The van der Waals surface area contributed by atoms with E-state index in [1.54, 1.807) is 25.3 Å². The number of nitrogens with one attached hydrogen (secondary N) is 1. The number of benzene rings is 1. The summed E-state index contributed by atoms with van der Waals surface area (Å²) in [5, 5.41) is 9.36. The van der Waals surface area contributed by atoms with Gasteiger partial charge in [-0.1, -0.05) is 22.6 Å². The molecule has 2 aromatic rings. The fourth-order valence-electron chi connectivity index (χ4n) is 1.31. The van der Waals surface area contributed by atoms with E-state index < -0.39 is 11.2 Å². The van der Waals surface area contributed by atoms with Crippen molar-refractivity contribution >= 4 is 11.8 Å². The first-order valence-electron chi connectivity index (χ1n) is 4.97. The zero-order chi connectivity index (χ0) is 13.1. The molecule has 0 fully saturated rings. The molecule has 1 aromatic heterocycles. The number of hydrogen-bond donors (Lipinski definition) is 2. The Labute approximate surface area is 106 Å². The Morgan fingerprint density at radius 2 is 2.11 bits per heavy atom. The van der Waals surface area contributed by atoms with Gasteiger partial charge in [0.25, 0.3) is 5.56 Å². The molecular weight excluding hydrogens is 256 g/mol. The topological polar surface area (TPSA) is 84.3 Å². The first kappa shape index (κ1) is 12.3. The maximum absolute atomic E-state index is 11.2. The van der Waals surface area contributed by atoms with Crippen molar-refractivity contribution in [1.82, 2.24) is 9.71 Å². The Hall–Kier alpha value is -2.15. The third kappa shape index (κ3) is 2.57. The van der Waals surface area contributed by atoms with Crippen molar-refractivity contribution in [3.8, 4) is 5.75 Å². The van der Waals surface area contributed by atoms with Crippen LogP contribution in [0.15, 0.2) is 49.8 Å². The minimum atomic E-state index is -0.868. The highest BCUT2D eigenvalue weighted by atomic mass is 32.2. The largest absolute Gasteiger partial charge is 0.497 e. The van der Waals surface area contributed by atoms with E-state index in [9.17, 15) is 9.59 Å². The van der Waals surface area contributed by atoms with E-state index in [1.807, 2.05) is 6.07 Å². The van der Waals surface area contributed by atoms with Gasteiger partial charge in [0.1, 0.15) is 5.75 Å². The van der Waals surface area contributed by atoms with Crippen LogP contribution in [0, 0.1) is 0 Å². The molecule has 0 unspecified atom stereocenters. The van der Waals surface area contributed by atoms with Gasteiger partial charge in [0.15, 0.2) is 0 Å². The number of H-pyrrole nitrogens is 1. The van der Waals surface area contributed by atoms with Gasteiger partial charge in [-0.3, -0.25) is 9.78 Å². The molecule has 1 heterocycles. The summed E-state index contributed by atoms with van der Waals surface area (Å²) in [4.78, 5) is 25.6. The summed E-state index contributed by atoms with van der Waals surface area (Å²) in [5.74, 6) is 0.679. The van der Waals surface area contributed by atoms with E-state index in [-0.39, 0.29) is 4.73 Å². The highest BCUT2D eigenvalue weighted by molar-refractivity contribution is 7.99. The molecule has 0 aliphatic heterocycles. The summed E-state index contributed by atoms with van der Waals surface area (Å²) in [6, 6.07) is 8.32. The fraction of sp³-hybridized carbons (Fsp3) is 0.0909. The molecule has 0 aliphatic carbocycles. The highest BCUT2D eigenvalue weighted by Gasteiger charge is 2.05. The van der Waals surface area contributed by atoms with E-state index in [0.29, 0.717) is 10.8 Å². The Bertz CT molecular complexity index is 646. The highest BCUT2D eigenvalue weighted by Crippen LogP contribution is 2.27. The Morgan fingerprint density at radius 1 is 1.33 bits per heavy atom. The molecule has 0 amide bonds. The lowest BCUT2D eigenvalue weighted by atomic mass is 10.3. The average Bonchev–Trinajstić information content (AvgIpc) is 2.36. The van der Waals surface area contributed by atoms with Gasteiger partial charge in [-0.05, 0) is 18.2 Å². The van der Waals surface area contributed by atoms with Crippen molar-refractivity contribution in [2.45, 2.75) is 9.92 Å². The van der Waals surface area contributed by atoms with Crippen molar-refractivity contribution in [2.24, 2.45) is 0 Å². The lowest BCUT2D eigenvalue weighted by Gasteiger charge is -2.04. The third-order valence-electron chi connectivity index (χ3n) is 2.15. The van der Waals surface area contributed by atoms with E-state index in [2.05, 4.69) is 4.98 Å². The van der Waals surface area contributed by atoms with E-state index in [4.69, 9.17) is 9.94 Å². The molecule has 0 radical (unpaired) electrons. The molecule has 0 aliphatic rings. The van der Waals surface area contributed by atoms with Crippen molar-refractivity contribution in [3.05, 3.63) is 51.2 Å². The normalized spacial score (nSPS) is 10.3. The number of ether oxygens (including phenoxy) is 1. The van der Waals surface area contributed by atoms with E-state index in [1.165, 1.54) is 11.8 Å². The molecule has 6 nitrogen and oxygen atoms in total. The molecule has 7 heteroatoms. The first-order valence-corrected chi connectivity index (χ1v) is 5.79. The van der Waals surface area contributed by atoms with Gasteiger partial charge in [-0.15, -0.1) is 0 Å². The molecule has 0 spiro atoms. The second kappa shape index (κ2) is 5.01. The first-order chi connectivity index (χ1) is 8.60. The van der Waals surface area contributed by atoms with Gasteiger partial charge < -0.3 is 9.94 Å². The van der Waals surface area contributed by atoms with Crippen molar-refractivity contribution in [2.75, 3.05) is 7.11 Å². The Kier molecular flexibility index (Phi) is 3.42. The molecule has 0 bridgehead atoms. The van der Waals surface area contributed by atoms with Crippen LogP contribution in [0.1, 0.15) is 0 Å². The van der Waals surface area contributed by atoms with E-state index >= 15 is 0 Å². The summed E-state index contributed by atoms with van der Waals surface area (Å²) < 4.78 is 5.09. The summed E-state index contributed by atoms with van der Waals surface area (Å²) >= 11 is 1.19. The van der Waals surface area contributed by atoms with E-state index in [0.717, 1.165) is 11.0 Å². The number of aromatic nitrogens is 2. The zero-order valence-corrected chi connectivity index (χ0v) is 10.2. The van der Waals surface area contributed by atoms with Crippen LogP contribution in [-0.2, 0) is 0 Å². The quantitative estimate of drug-likeness (QED) is 0.638. The van der Waals surface area contributed by atoms with Gasteiger partial charge in [0, 0.05) is 11.0 Å². The Balaban J connectivity index is 2.34. The van der Waals surface area contributed by atoms with Gasteiger partial charge in [-0.25, -0.2) is 4.79 Å². The summed E-state index contributed by atoms with van der Waals surface area (Å²) in [6.45, 7) is 0. The number of hydrogen-bond acceptors (Lipinski definition) is 5. The second-order valence-electron chi connectivity index (χ2n) is 3.37. The van der Waals surface area contributed by atoms with Gasteiger partial charge in [0.05, 0.1) is 12.1 Å². The lowest BCUT2D eigenvalue weighted by Crippen LogP contribution is -2.32. The van der Waals surface area contributed by atoms with Crippen LogP contribution in [-0.4, -0.2) is 22.0 Å². The predicted molar refractivity (Wildman–Crippen MR) is 65.6 cm³/mol. The van der Waals surface area contributed by atoms with Crippen LogP contribution in [0.25, 0.3) is 0 Å². The summed E-state index contributed by atoms with van der Waals surface area (Å²) in [5.41, 5.74) is -1.64. The van der Waals surface area contributed by atoms with Crippen LogP contribution in [0.3, 0.4) is 0 Å². The SMILES string of the molecule is COc1cccc(Sc2cc(=O)n(O)c(=O)[nH]2)c1.